The number of hydrogen-bond donors (Lipinski definition) is 2. The zero-order chi connectivity index (χ0) is 18.5. The molecular formula is C19H30N4O3+2. The van der Waals surface area contributed by atoms with Gasteiger partial charge < -0.3 is 19.3 Å². The fraction of sp³-hybridized carbons (Fsp3) is 0.579. The smallest absolute Gasteiger partial charge is 0.261 e. The number of quaternary nitrogens is 2. The number of fused-ring (bicyclic) bond motifs is 1. The van der Waals surface area contributed by atoms with Crippen molar-refractivity contribution < 1.29 is 19.3 Å². The van der Waals surface area contributed by atoms with Gasteiger partial charge in [-0.2, -0.15) is 0 Å². The van der Waals surface area contributed by atoms with E-state index in [-0.39, 0.29) is 5.56 Å². The summed E-state index contributed by atoms with van der Waals surface area (Å²) in [6.45, 7) is 6.92. The summed E-state index contributed by atoms with van der Waals surface area (Å²) in [6.07, 6.45) is 3.76. The predicted octanol–water partition coefficient (Wildman–Crippen LogP) is -1.39. The Labute approximate surface area is 154 Å². The van der Waals surface area contributed by atoms with Gasteiger partial charge in [0.1, 0.15) is 26.2 Å². The van der Waals surface area contributed by atoms with Crippen LogP contribution in [0.4, 0.5) is 0 Å². The third-order valence-corrected chi connectivity index (χ3v) is 5.32. The van der Waals surface area contributed by atoms with E-state index in [4.69, 9.17) is 9.47 Å². The van der Waals surface area contributed by atoms with Crippen LogP contribution in [0, 0.1) is 0 Å². The SMILES string of the molecule is COc1cc2ncn(CCCC[NH+]3CC[NH+](C)CC3)c(=O)c2cc1OC. The molecule has 2 N–H and O–H groups in total. The van der Waals surface area contributed by atoms with E-state index in [1.54, 1.807) is 47.0 Å². The average Bonchev–Trinajstić information content (AvgIpc) is 2.67. The van der Waals surface area contributed by atoms with Crippen molar-refractivity contribution in [3.63, 3.8) is 0 Å². The van der Waals surface area contributed by atoms with Gasteiger partial charge in [-0.05, 0) is 18.9 Å². The van der Waals surface area contributed by atoms with Crippen molar-refractivity contribution in [2.45, 2.75) is 19.4 Å². The van der Waals surface area contributed by atoms with Gasteiger partial charge in [0, 0.05) is 12.6 Å². The van der Waals surface area contributed by atoms with Crippen LogP contribution in [0.25, 0.3) is 10.9 Å². The zero-order valence-corrected chi connectivity index (χ0v) is 16.0. The summed E-state index contributed by atoms with van der Waals surface area (Å²) in [4.78, 5) is 20.5. The van der Waals surface area contributed by atoms with Crippen molar-refractivity contribution in [1.29, 1.82) is 0 Å². The lowest BCUT2D eigenvalue weighted by atomic mass is 10.2. The summed E-state index contributed by atoms with van der Waals surface area (Å²) in [5, 5.41) is 0.567. The summed E-state index contributed by atoms with van der Waals surface area (Å²) < 4.78 is 12.3. The molecule has 1 aromatic heterocycles. The van der Waals surface area contributed by atoms with Gasteiger partial charge in [0.05, 0.1) is 45.0 Å². The number of ether oxygens (including phenoxy) is 2. The molecule has 2 aromatic rings. The molecule has 3 rings (SSSR count). The molecule has 0 aliphatic carbocycles. The lowest BCUT2D eigenvalue weighted by Gasteiger charge is -2.27. The number of piperazine rings is 1. The van der Waals surface area contributed by atoms with Crippen LogP contribution in [0.15, 0.2) is 23.3 Å². The first kappa shape index (κ1) is 18.7. The van der Waals surface area contributed by atoms with E-state index in [1.165, 1.54) is 32.7 Å². The quantitative estimate of drug-likeness (QED) is 0.596. The van der Waals surface area contributed by atoms with Crippen LogP contribution in [-0.2, 0) is 6.54 Å². The molecular weight excluding hydrogens is 332 g/mol. The molecule has 0 amide bonds. The van der Waals surface area contributed by atoms with E-state index in [1.807, 2.05) is 0 Å². The van der Waals surface area contributed by atoms with Gasteiger partial charge in [-0.15, -0.1) is 0 Å². The maximum absolute atomic E-state index is 12.7. The van der Waals surface area contributed by atoms with Gasteiger partial charge in [-0.3, -0.25) is 9.36 Å². The van der Waals surface area contributed by atoms with E-state index < -0.39 is 0 Å². The van der Waals surface area contributed by atoms with Gasteiger partial charge in [0.15, 0.2) is 11.5 Å². The standard InChI is InChI=1S/C19H28N4O3/c1-21-8-10-22(11-9-21)6-4-5-7-23-14-20-16-13-18(26-3)17(25-2)12-15(16)19(23)24/h12-14H,4-11H2,1-3H3/p+2. The van der Waals surface area contributed by atoms with E-state index >= 15 is 0 Å². The Morgan fingerprint density at radius 3 is 2.46 bits per heavy atom. The van der Waals surface area contributed by atoms with Crippen LogP contribution in [0.1, 0.15) is 12.8 Å². The number of aryl methyl sites for hydroxylation is 1. The Kier molecular flexibility index (Phi) is 6.11. The number of nitrogens with zero attached hydrogens (tertiary/aromatic N) is 2. The van der Waals surface area contributed by atoms with Gasteiger partial charge in [-0.1, -0.05) is 0 Å². The fourth-order valence-corrected chi connectivity index (χ4v) is 3.58. The van der Waals surface area contributed by atoms with Gasteiger partial charge in [0.2, 0.25) is 0 Å². The summed E-state index contributed by atoms with van der Waals surface area (Å²) in [5.41, 5.74) is 0.611. The molecule has 26 heavy (non-hydrogen) atoms. The van der Waals surface area contributed by atoms with Crippen LogP contribution in [0.2, 0.25) is 0 Å². The van der Waals surface area contributed by atoms with Crippen molar-refractivity contribution >= 4 is 10.9 Å². The molecule has 1 aromatic carbocycles. The van der Waals surface area contributed by atoms with Crippen LogP contribution < -0.4 is 24.8 Å². The third-order valence-electron chi connectivity index (χ3n) is 5.32. The molecule has 1 fully saturated rings. The minimum Gasteiger partial charge on any atom is -0.493 e. The molecule has 0 unspecified atom stereocenters. The monoisotopic (exact) mass is 362 g/mol. The highest BCUT2D eigenvalue weighted by molar-refractivity contribution is 5.81. The second kappa shape index (κ2) is 8.51. The number of aromatic nitrogens is 2. The number of rotatable bonds is 7. The molecule has 0 spiro atoms. The average molecular weight is 362 g/mol. The van der Waals surface area contributed by atoms with Crippen molar-refractivity contribution in [3.8, 4) is 11.5 Å². The Hall–Kier alpha value is -2.12. The van der Waals surface area contributed by atoms with Crippen molar-refractivity contribution in [2.75, 3.05) is 54.0 Å². The summed E-state index contributed by atoms with van der Waals surface area (Å²) in [6, 6.07) is 3.47. The number of nitrogens with one attached hydrogen (secondary N) is 2. The second-order valence-corrected chi connectivity index (χ2v) is 7.13. The summed E-state index contributed by atoms with van der Waals surface area (Å²) in [7, 11) is 5.41. The maximum Gasteiger partial charge on any atom is 0.261 e. The Morgan fingerprint density at radius 1 is 1.08 bits per heavy atom. The molecule has 7 heteroatoms. The lowest BCUT2D eigenvalue weighted by Crippen LogP contribution is -3.27. The first-order valence-electron chi connectivity index (χ1n) is 9.38. The molecule has 2 heterocycles. The van der Waals surface area contributed by atoms with Crippen molar-refractivity contribution in [1.82, 2.24) is 9.55 Å². The van der Waals surface area contributed by atoms with Crippen LogP contribution in [0.3, 0.4) is 0 Å². The Balaban J connectivity index is 1.63. The molecule has 0 atom stereocenters. The van der Waals surface area contributed by atoms with E-state index in [0.717, 1.165) is 12.8 Å². The minimum absolute atomic E-state index is 0.0218. The Morgan fingerprint density at radius 2 is 1.77 bits per heavy atom. The molecule has 142 valence electrons. The van der Waals surface area contributed by atoms with Gasteiger partial charge in [-0.25, -0.2) is 4.98 Å². The van der Waals surface area contributed by atoms with Crippen molar-refractivity contribution in [2.24, 2.45) is 0 Å². The van der Waals surface area contributed by atoms with Gasteiger partial charge >= 0.3 is 0 Å². The molecule has 0 saturated carbocycles. The first-order valence-corrected chi connectivity index (χ1v) is 9.38. The summed E-state index contributed by atoms with van der Waals surface area (Å²) in [5.74, 6) is 1.14. The highest BCUT2D eigenvalue weighted by Crippen LogP contribution is 2.29. The maximum atomic E-state index is 12.7. The van der Waals surface area contributed by atoms with Crippen LogP contribution >= 0.6 is 0 Å². The summed E-state index contributed by atoms with van der Waals surface area (Å²) >= 11 is 0. The largest absolute Gasteiger partial charge is 0.493 e. The second-order valence-electron chi connectivity index (χ2n) is 7.13. The number of unbranched alkanes of at least 4 members (excludes halogenated alkanes) is 1. The number of hydrogen-bond acceptors (Lipinski definition) is 4. The Bertz CT molecular complexity index is 797. The highest BCUT2D eigenvalue weighted by Gasteiger charge is 2.19. The predicted molar refractivity (Wildman–Crippen MR) is 101 cm³/mol. The first-order chi connectivity index (χ1) is 12.6. The van der Waals surface area contributed by atoms with E-state index in [0.29, 0.717) is 28.9 Å². The third kappa shape index (κ3) is 4.16. The highest BCUT2D eigenvalue weighted by atomic mass is 16.5. The van der Waals surface area contributed by atoms with Gasteiger partial charge in [0.25, 0.3) is 5.56 Å². The molecule has 1 aliphatic rings. The molecule has 0 bridgehead atoms. The lowest BCUT2D eigenvalue weighted by molar-refractivity contribution is -1.00. The minimum atomic E-state index is -0.0218. The number of likely N-dealkylation sites (N-methyl/N-ethyl adjacent to an activating group) is 1. The molecule has 1 aliphatic heterocycles. The normalized spacial score (nSPS) is 20.3. The number of benzene rings is 1. The topological polar surface area (TPSA) is 62.2 Å². The number of methoxy groups -OCH3 is 2. The molecule has 0 radical (unpaired) electrons. The molecule has 1 saturated heterocycles. The van der Waals surface area contributed by atoms with Crippen LogP contribution in [-0.4, -0.2) is 63.5 Å². The van der Waals surface area contributed by atoms with E-state index in [9.17, 15) is 4.79 Å². The zero-order valence-electron chi connectivity index (χ0n) is 16.0. The van der Waals surface area contributed by atoms with Crippen LogP contribution in [0.5, 0.6) is 11.5 Å². The molecule has 7 nitrogen and oxygen atoms in total. The fourth-order valence-electron chi connectivity index (χ4n) is 3.58. The van der Waals surface area contributed by atoms with E-state index in [2.05, 4.69) is 12.0 Å². The van der Waals surface area contributed by atoms with Crippen molar-refractivity contribution in [3.05, 3.63) is 28.8 Å².